The van der Waals surface area contributed by atoms with E-state index in [0.717, 1.165) is 27.6 Å². The Morgan fingerprint density at radius 3 is 1.74 bits per heavy atom. The summed E-state index contributed by atoms with van der Waals surface area (Å²) in [6, 6.07) is 47.4. The lowest BCUT2D eigenvalue weighted by Gasteiger charge is -2.25. The minimum Gasteiger partial charge on any atom is -0.309 e. The second kappa shape index (κ2) is 8.83. The zero-order chi connectivity index (χ0) is 25.8. The van der Waals surface area contributed by atoms with Gasteiger partial charge < -0.3 is 9.47 Å². The van der Waals surface area contributed by atoms with Crippen LogP contribution in [0, 0.1) is 0 Å². The SMILES string of the molecule is c1ccc(N(c2ccccc2)c2cnc3sc4ccc(-n5c6ccccc6c6ccccc65)cc4c3c2)cc1. The quantitative estimate of drug-likeness (QED) is 0.232. The van der Waals surface area contributed by atoms with E-state index in [0.29, 0.717) is 0 Å². The summed E-state index contributed by atoms with van der Waals surface area (Å²) in [5.74, 6) is 0. The molecule has 5 aromatic carbocycles. The van der Waals surface area contributed by atoms with Crippen LogP contribution < -0.4 is 4.90 Å². The Hall–Kier alpha value is -4.93. The van der Waals surface area contributed by atoms with E-state index in [1.54, 1.807) is 11.3 Å². The molecule has 0 saturated heterocycles. The fourth-order valence-electron chi connectivity index (χ4n) is 5.70. The molecule has 3 nitrogen and oxygen atoms in total. The van der Waals surface area contributed by atoms with Gasteiger partial charge in [-0.25, -0.2) is 4.98 Å². The summed E-state index contributed by atoms with van der Waals surface area (Å²) in [7, 11) is 0. The average molecular weight is 518 g/mol. The highest BCUT2D eigenvalue weighted by Gasteiger charge is 2.17. The number of hydrogen-bond donors (Lipinski definition) is 0. The Morgan fingerprint density at radius 1 is 0.513 bits per heavy atom. The van der Waals surface area contributed by atoms with Crippen LogP contribution in [0.2, 0.25) is 0 Å². The van der Waals surface area contributed by atoms with Crippen LogP contribution >= 0.6 is 11.3 Å². The lowest BCUT2D eigenvalue weighted by molar-refractivity contribution is 1.19. The molecule has 0 saturated carbocycles. The van der Waals surface area contributed by atoms with Gasteiger partial charge in [0.2, 0.25) is 0 Å². The first-order valence-electron chi connectivity index (χ1n) is 13.1. The Labute approximate surface area is 229 Å². The van der Waals surface area contributed by atoms with E-state index in [2.05, 4.69) is 143 Å². The van der Waals surface area contributed by atoms with Gasteiger partial charge in [0.1, 0.15) is 4.83 Å². The van der Waals surface area contributed by atoms with Crippen molar-refractivity contribution in [2.75, 3.05) is 4.90 Å². The first kappa shape index (κ1) is 22.1. The van der Waals surface area contributed by atoms with Gasteiger partial charge in [-0.3, -0.25) is 0 Å². The lowest BCUT2D eigenvalue weighted by atomic mass is 10.1. The number of pyridine rings is 1. The zero-order valence-electron chi connectivity index (χ0n) is 21.0. The van der Waals surface area contributed by atoms with E-state index < -0.39 is 0 Å². The summed E-state index contributed by atoms with van der Waals surface area (Å²) in [6.07, 6.45) is 1.99. The number of para-hydroxylation sites is 4. The van der Waals surface area contributed by atoms with Crippen molar-refractivity contribution in [2.24, 2.45) is 0 Å². The second-order valence-corrected chi connectivity index (χ2v) is 10.7. The number of thiophene rings is 1. The molecule has 184 valence electrons. The molecule has 3 aromatic heterocycles. The van der Waals surface area contributed by atoms with Crippen LogP contribution in [-0.4, -0.2) is 9.55 Å². The van der Waals surface area contributed by atoms with Gasteiger partial charge in [-0.05, 0) is 60.7 Å². The standard InChI is InChI=1S/C35H23N3S/c1-3-11-24(12-4-1)37(25-13-5-2-6-14-25)27-22-31-30-21-26(19-20-34(30)39-35(31)36-23-27)38-32-17-9-7-15-28(32)29-16-8-10-18-33(29)38/h1-23H. The molecule has 0 N–H and O–H groups in total. The fraction of sp³-hybridized carbons (Fsp3) is 0. The highest BCUT2D eigenvalue weighted by atomic mass is 32.1. The van der Waals surface area contributed by atoms with E-state index >= 15 is 0 Å². The van der Waals surface area contributed by atoms with Gasteiger partial charge in [-0.1, -0.05) is 72.8 Å². The molecule has 4 heteroatoms. The molecule has 0 unspecified atom stereocenters. The van der Waals surface area contributed by atoms with Crippen LogP contribution in [0.1, 0.15) is 0 Å². The fourth-order valence-corrected chi connectivity index (χ4v) is 6.71. The normalized spacial score (nSPS) is 11.6. The highest BCUT2D eigenvalue weighted by Crippen LogP contribution is 2.40. The van der Waals surface area contributed by atoms with E-state index in [9.17, 15) is 0 Å². The van der Waals surface area contributed by atoms with Crippen LogP contribution in [-0.2, 0) is 0 Å². The van der Waals surface area contributed by atoms with Crippen molar-refractivity contribution in [3.8, 4) is 5.69 Å². The van der Waals surface area contributed by atoms with Gasteiger partial charge in [0.15, 0.2) is 0 Å². The van der Waals surface area contributed by atoms with Crippen LogP contribution in [0.4, 0.5) is 17.1 Å². The van der Waals surface area contributed by atoms with Crippen molar-refractivity contribution in [3.63, 3.8) is 0 Å². The maximum atomic E-state index is 4.95. The zero-order valence-corrected chi connectivity index (χ0v) is 21.8. The van der Waals surface area contributed by atoms with Crippen molar-refractivity contribution in [1.82, 2.24) is 9.55 Å². The monoisotopic (exact) mass is 517 g/mol. The number of rotatable bonds is 4. The van der Waals surface area contributed by atoms with Crippen LogP contribution in [0.3, 0.4) is 0 Å². The van der Waals surface area contributed by atoms with E-state index in [-0.39, 0.29) is 0 Å². The molecule has 0 spiro atoms. The summed E-state index contributed by atoms with van der Waals surface area (Å²) in [6.45, 7) is 0. The van der Waals surface area contributed by atoms with E-state index in [4.69, 9.17) is 4.98 Å². The number of nitrogens with zero attached hydrogens (tertiary/aromatic N) is 3. The predicted molar refractivity (Wildman–Crippen MR) is 166 cm³/mol. The van der Waals surface area contributed by atoms with Crippen molar-refractivity contribution < 1.29 is 0 Å². The molecule has 3 heterocycles. The van der Waals surface area contributed by atoms with Crippen molar-refractivity contribution in [2.45, 2.75) is 0 Å². The second-order valence-electron chi connectivity index (χ2n) is 9.70. The molecular formula is C35H23N3S. The first-order valence-corrected chi connectivity index (χ1v) is 13.9. The third-order valence-corrected chi connectivity index (χ3v) is 8.52. The maximum Gasteiger partial charge on any atom is 0.124 e. The molecule has 0 atom stereocenters. The van der Waals surface area contributed by atoms with Gasteiger partial charge in [-0.15, -0.1) is 11.3 Å². The molecule has 0 bridgehead atoms. The number of benzene rings is 5. The smallest absolute Gasteiger partial charge is 0.124 e. The molecule has 8 aromatic rings. The molecule has 0 aliphatic heterocycles. The van der Waals surface area contributed by atoms with Gasteiger partial charge in [-0.2, -0.15) is 0 Å². The van der Waals surface area contributed by atoms with Gasteiger partial charge >= 0.3 is 0 Å². The molecule has 0 radical (unpaired) electrons. The van der Waals surface area contributed by atoms with Crippen LogP contribution in [0.15, 0.2) is 140 Å². The molecule has 0 aliphatic rings. The average Bonchev–Trinajstić information content (AvgIpc) is 3.53. The number of aromatic nitrogens is 2. The predicted octanol–water partition coefficient (Wildman–Crippen LogP) is 10.0. The summed E-state index contributed by atoms with van der Waals surface area (Å²) >= 11 is 1.75. The third kappa shape index (κ3) is 3.53. The van der Waals surface area contributed by atoms with E-state index in [1.807, 2.05) is 6.20 Å². The molecular weight excluding hydrogens is 494 g/mol. The van der Waals surface area contributed by atoms with Crippen molar-refractivity contribution in [1.29, 1.82) is 0 Å². The van der Waals surface area contributed by atoms with Gasteiger partial charge in [0, 0.05) is 43.3 Å². The van der Waals surface area contributed by atoms with Crippen LogP contribution in [0.5, 0.6) is 0 Å². The summed E-state index contributed by atoms with van der Waals surface area (Å²) in [5, 5.41) is 4.94. The molecule has 8 rings (SSSR count). The Balaban J connectivity index is 1.36. The third-order valence-electron chi connectivity index (χ3n) is 7.42. The number of anilines is 3. The Kier molecular flexibility index (Phi) is 5.00. The summed E-state index contributed by atoms with van der Waals surface area (Å²) in [5.41, 5.74) is 6.85. The maximum absolute atomic E-state index is 4.95. The molecule has 0 aliphatic carbocycles. The minimum absolute atomic E-state index is 1.04. The summed E-state index contributed by atoms with van der Waals surface area (Å²) in [4.78, 5) is 8.27. The largest absolute Gasteiger partial charge is 0.309 e. The molecule has 39 heavy (non-hydrogen) atoms. The number of fused-ring (bicyclic) bond motifs is 6. The minimum atomic E-state index is 1.04. The van der Waals surface area contributed by atoms with Gasteiger partial charge in [0.05, 0.1) is 22.9 Å². The highest BCUT2D eigenvalue weighted by molar-refractivity contribution is 7.25. The summed E-state index contributed by atoms with van der Waals surface area (Å²) < 4.78 is 3.62. The lowest BCUT2D eigenvalue weighted by Crippen LogP contribution is -2.09. The van der Waals surface area contributed by atoms with Crippen molar-refractivity contribution >= 4 is 70.5 Å². The topological polar surface area (TPSA) is 21.1 Å². The number of hydrogen-bond acceptors (Lipinski definition) is 3. The van der Waals surface area contributed by atoms with Crippen molar-refractivity contribution in [3.05, 3.63) is 140 Å². The van der Waals surface area contributed by atoms with Crippen LogP contribution in [0.25, 0.3) is 47.8 Å². The Bertz CT molecular complexity index is 2030. The first-order chi connectivity index (χ1) is 19.3. The molecule has 0 fully saturated rings. The van der Waals surface area contributed by atoms with Gasteiger partial charge in [0.25, 0.3) is 0 Å². The van der Waals surface area contributed by atoms with E-state index in [1.165, 1.54) is 37.3 Å². The molecule has 0 amide bonds. The Morgan fingerprint density at radius 2 is 1.10 bits per heavy atom.